The molecule has 7 heteroatoms. The number of likely N-dealkylation sites (tertiary alicyclic amines) is 1. The number of hydrogen-bond acceptors (Lipinski definition) is 4. The maximum Gasteiger partial charge on any atom is 0.138 e. The first-order valence-electron chi connectivity index (χ1n) is 7.57. The molecule has 2 aromatic rings. The molecule has 5 nitrogen and oxygen atoms in total. The van der Waals surface area contributed by atoms with Gasteiger partial charge in [-0.3, -0.25) is 4.90 Å². The number of halogens is 2. The number of rotatable bonds is 3. The minimum Gasteiger partial charge on any atom is -0.327 e. The minimum absolute atomic E-state index is 0. The van der Waals surface area contributed by atoms with E-state index < -0.39 is 0 Å². The van der Waals surface area contributed by atoms with Crippen molar-refractivity contribution in [3.63, 3.8) is 0 Å². The zero-order chi connectivity index (χ0) is 15.7. The van der Waals surface area contributed by atoms with Crippen molar-refractivity contribution in [1.82, 2.24) is 19.7 Å². The van der Waals surface area contributed by atoms with E-state index in [2.05, 4.69) is 34.9 Å². The van der Waals surface area contributed by atoms with E-state index >= 15 is 0 Å². The highest BCUT2D eigenvalue weighted by Gasteiger charge is 2.33. The maximum absolute atomic E-state index is 6.23. The van der Waals surface area contributed by atoms with Gasteiger partial charge in [0, 0.05) is 30.7 Å². The predicted octanol–water partition coefficient (Wildman–Crippen LogP) is 2.90. The largest absolute Gasteiger partial charge is 0.327 e. The van der Waals surface area contributed by atoms with Gasteiger partial charge in [-0.1, -0.05) is 31.5 Å². The Bertz CT molecular complexity index is 642. The lowest BCUT2D eigenvalue weighted by Crippen LogP contribution is -2.52. The molecule has 0 amide bonds. The summed E-state index contributed by atoms with van der Waals surface area (Å²) in [5.74, 6) is 0. The number of benzene rings is 1. The average Bonchev–Trinajstić information content (AvgIpc) is 2.98. The molecule has 2 heterocycles. The molecule has 1 atom stereocenters. The van der Waals surface area contributed by atoms with Crippen LogP contribution in [-0.4, -0.2) is 38.8 Å². The van der Waals surface area contributed by atoms with Crippen LogP contribution in [0.15, 0.2) is 30.9 Å². The third-order valence-electron chi connectivity index (χ3n) is 4.50. The van der Waals surface area contributed by atoms with Crippen LogP contribution < -0.4 is 5.73 Å². The first-order valence-corrected chi connectivity index (χ1v) is 7.95. The Balaban J connectivity index is 0.00000192. The Hall–Kier alpha value is -1.14. The van der Waals surface area contributed by atoms with Crippen LogP contribution in [-0.2, 0) is 6.54 Å². The van der Waals surface area contributed by atoms with Crippen molar-refractivity contribution in [3.8, 4) is 5.69 Å². The molecule has 23 heavy (non-hydrogen) atoms. The van der Waals surface area contributed by atoms with E-state index in [0.29, 0.717) is 5.02 Å². The molecule has 0 radical (unpaired) electrons. The number of nitrogens with zero attached hydrogens (tertiary/aromatic N) is 4. The summed E-state index contributed by atoms with van der Waals surface area (Å²) in [6, 6.07) is 6.20. The van der Waals surface area contributed by atoms with Gasteiger partial charge in [0.05, 0.1) is 5.69 Å². The van der Waals surface area contributed by atoms with Gasteiger partial charge in [-0.2, -0.15) is 5.10 Å². The summed E-state index contributed by atoms with van der Waals surface area (Å²) >= 11 is 6.15. The Kier molecular flexibility index (Phi) is 5.68. The molecule has 2 N–H and O–H groups in total. The van der Waals surface area contributed by atoms with Crippen LogP contribution in [0.25, 0.3) is 5.69 Å². The predicted molar refractivity (Wildman–Crippen MR) is 95.3 cm³/mol. The van der Waals surface area contributed by atoms with E-state index in [4.69, 9.17) is 17.3 Å². The lowest BCUT2D eigenvalue weighted by molar-refractivity contribution is 0.0898. The molecule has 1 aromatic carbocycles. The molecule has 0 bridgehead atoms. The second-order valence-corrected chi connectivity index (χ2v) is 7.14. The monoisotopic (exact) mass is 355 g/mol. The van der Waals surface area contributed by atoms with E-state index in [-0.39, 0.29) is 23.9 Å². The highest BCUT2D eigenvalue weighted by Crippen LogP contribution is 2.29. The molecule has 0 aliphatic carbocycles. The van der Waals surface area contributed by atoms with E-state index in [1.807, 2.05) is 12.1 Å². The van der Waals surface area contributed by atoms with Crippen LogP contribution in [0, 0.1) is 5.41 Å². The SMILES string of the molecule is CC1(C)CN(Cc2ccc(Cl)cc2-n2cncn2)CCC1N.Cl. The van der Waals surface area contributed by atoms with Gasteiger partial charge in [0.15, 0.2) is 0 Å². The van der Waals surface area contributed by atoms with Crippen LogP contribution in [0.4, 0.5) is 0 Å². The smallest absolute Gasteiger partial charge is 0.138 e. The Morgan fingerprint density at radius 2 is 2.17 bits per heavy atom. The molecule has 1 saturated heterocycles. The van der Waals surface area contributed by atoms with Crippen LogP contribution in [0.3, 0.4) is 0 Å². The Morgan fingerprint density at radius 3 is 2.83 bits per heavy atom. The molecule has 1 aromatic heterocycles. The number of hydrogen-bond donors (Lipinski definition) is 1. The molecule has 1 fully saturated rings. The van der Waals surface area contributed by atoms with Crippen molar-refractivity contribution in [2.75, 3.05) is 13.1 Å². The summed E-state index contributed by atoms with van der Waals surface area (Å²) in [5, 5.41) is 4.93. The van der Waals surface area contributed by atoms with E-state index in [9.17, 15) is 0 Å². The molecule has 3 rings (SSSR count). The molecule has 0 saturated carbocycles. The summed E-state index contributed by atoms with van der Waals surface area (Å²) in [5.41, 5.74) is 8.55. The van der Waals surface area contributed by atoms with Gasteiger partial charge in [-0.15, -0.1) is 12.4 Å². The molecule has 1 unspecified atom stereocenters. The normalized spacial score (nSPS) is 21.0. The van der Waals surface area contributed by atoms with Crippen molar-refractivity contribution >= 4 is 24.0 Å². The molecule has 0 spiro atoms. The van der Waals surface area contributed by atoms with Crippen molar-refractivity contribution in [2.45, 2.75) is 32.9 Å². The zero-order valence-corrected chi connectivity index (χ0v) is 15.0. The minimum atomic E-state index is 0. The van der Waals surface area contributed by atoms with E-state index in [0.717, 1.165) is 31.7 Å². The van der Waals surface area contributed by atoms with Crippen molar-refractivity contribution in [1.29, 1.82) is 0 Å². The lowest BCUT2D eigenvalue weighted by atomic mass is 9.79. The van der Waals surface area contributed by atoms with Crippen LogP contribution >= 0.6 is 24.0 Å². The zero-order valence-electron chi connectivity index (χ0n) is 13.4. The van der Waals surface area contributed by atoms with Crippen LogP contribution in [0.5, 0.6) is 0 Å². The first-order chi connectivity index (χ1) is 10.5. The van der Waals surface area contributed by atoms with Crippen LogP contribution in [0.2, 0.25) is 5.02 Å². The third kappa shape index (κ3) is 4.04. The summed E-state index contributed by atoms with van der Waals surface area (Å²) in [4.78, 5) is 6.48. The number of piperidine rings is 1. The van der Waals surface area contributed by atoms with Gasteiger partial charge < -0.3 is 5.73 Å². The Morgan fingerprint density at radius 1 is 1.39 bits per heavy atom. The van der Waals surface area contributed by atoms with Gasteiger partial charge >= 0.3 is 0 Å². The van der Waals surface area contributed by atoms with Gasteiger partial charge in [-0.25, -0.2) is 9.67 Å². The lowest BCUT2D eigenvalue weighted by Gasteiger charge is -2.42. The summed E-state index contributed by atoms with van der Waals surface area (Å²) in [7, 11) is 0. The summed E-state index contributed by atoms with van der Waals surface area (Å²) < 4.78 is 1.77. The highest BCUT2D eigenvalue weighted by molar-refractivity contribution is 6.30. The van der Waals surface area contributed by atoms with Gasteiger partial charge in [-0.05, 0) is 29.5 Å². The molecule has 126 valence electrons. The fourth-order valence-corrected chi connectivity index (χ4v) is 3.24. The third-order valence-corrected chi connectivity index (χ3v) is 4.73. The van der Waals surface area contributed by atoms with Gasteiger partial charge in [0.1, 0.15) is 12.7 Å². The summed E-state index contributed by atoms with van der Waals surface area (Å²) in [6.45, 7) is 7.36. The van der Waals surface area contributed by atoms with E-state index in [1.54, 1.807) is 11.0 Å². The van der Waals surface area contributed by atoms with Gasteiger partial charge in [0.25, 0.3) is 0 Å². The molecule has 1 aliphatic heterocycles. The second kappa shape index (κ2) is 7.18. The quantitative estimate of drug-likeness (QED) is 0.919. The molecule has 1 aliphatic rings. The maximum atomic E-state index is 6.23. The fraction of sp³-hybridized carbons (Fsp3) is 0.500. The number of nitrogens with two attached hydrogens (primary N) is 1. The molecular weight excluding hydrogens is 333 g/mol. The van der Waals surface area contributed by atoms with Crippen molar-refractivity contribution < 1.29 is 0 Å². The van der Waals surface area contributed by atoms with Crippen molar-refractivity contribution in [3.05, 3.63) is 41.4 Å². The standard InChI is InChI=1S/C16H22ClN5.ClH/c1-16(2)9-21(6-5-15(16)18)8-12-3-4-13(17)7-14(12)22-11-19-10-20-22;/h3-4,7,10-11,15H,5-6,8-9,18H2,1-2H3;1H. The van der Waals surface area contributed by atoms with Gasteiger partial charge in [0.2, 0.25) is 0 Å². The number of aromatic nitrogens is 3. The molecular formula is C16H23Cl2N5. The summed E-state index contributed by atoms with van der Waals surface area (Å²) in [6.07, 6.45) is 4.26. The van der Waals surface area contributed by atoms with E-state index in [1.165, 1.54) is 11.9 Å². The van der Waals surface area contributed by atoms with Crippen LogP contribution in [0.1, 0.15) is 25.8 Å². The fourth-order valence-electron chi connectivity index (χ4n) is 3.08. The second-order valence-electron chi connectivity index (χ2n) is 6.71. The highest BCUT2D eigenvalue weighted by atomic mass is 35.5. The average molecular weight is 356 g/mol. The Labute approximate surface area is 148 Å². The topological polar surface area (TPSA) is 60.0 Å². The van der Waals surface area contributed by atoms with Crippen molar-refractivity contribution in [2.24, 2.45) is 11.1 Å². The first kappa shape index (κ1) is 18.2.